The monoisotopic (exact) mass is 271 g/mol. The van der Waals surface area contributed by atoms with Gasteiger partial charge in [-0.05, 0) is 38.0 Å². The fraction of sp³-hybridized carbons (Fsp3) is 0.429. The summed E-state index contributed by atoms with van der Waals surface area (Å²) < 4.78 is 10.8. The van der Waals surface area contributed by atoms with Crippen molar-refractivity contribution in [2.24, 2.45) is 5.73 Å². The number of hydrogen-bond acceptors (Lipinski definition) is 3. The minimum absolute atomic E-state index is 0. The van der Waals surface area contributed by atoms with E-state index >= 15 is 0 Å². The van der Waals surface area contributed by atoms with E-state index in [1.54, 1.807) is 7.11 Å². The van der Waals surface area contributed by atoms with Crippen LogP contribution in [0.3, 0.4) is 0 Å². The van der Waals surface area contributed by atoms with Crippen LogP contribution in [0.5, 0.6) is 11.5 Å². The minimum atomic E-state index is -0.0444. The molecule has 0 aliphatic heterocycles. The fourth-order valence-corrected chi connectivity index (χ4v) is 1.68. The predicted molar refractivity (Wildman–Crippen MR) is 77.8 cm³/mol. The van der Waals surface area contributed by atoms with Gasteiger partial charge in [0, 0.05) is 6.04 Å². The van der Waals surface area contributed by atoms with Crippen LogP contribution in [0, 0.1) is 0 Å². The van der Waals surface area contributed by atoms with Crippen LogP contribution < -0.4 is 15.2 Å². The molecule has 0 unspecified atom stereocenters. The molecule has 0 aromatic heterocycles. The van der Waals surface area contributed by atoms with Crippen molar-refractivity contribution in [1.29, 1.82) is 0 Å². The molecule has 3 nitrogen and oxygen atoms in total. The van der Waals surface area contributed by atoms with Crippen LogP contribution in [-0.2, 0) is 0 Å². The lowest BCUT2D eigenvalue weighted by Crippen LogP contribution is -2.10. The maximum atomic E-state index is 6.09. The second kappa shape index (κ2) is 8.01. The molecule has 2 N–H and O–H groups in total. The molecule has 0 aliphatic rings. The summed E-state index contributed by atoms with van der Waals surface area (Å²) in [6.45, 7) is 8.42. The highest BCUT2D eigenvalue weighted by atomic mass is 35.5. The Bertz CT molecular complexity index is 393. The molecule has 0 fully saturated rings. The predicted octanol–water partition coefficient (Wildman–Crippen LogP) is 3.48. The number of ether oxygens (including phenoxy) is 2. The Kier molecular flexibility index (Phi) is 7.48. The molecule has 0 heterocycles. The summed E-state index contributed by atoms with van der Waals surface area (Å²) in [4.78, 5) is 0. The Balaban J connectivity index is 0.00000289. The van der Waals surface area contributed by atoms with Gasteiger partial charge < -0.3 is 15.2 Å². The first-order valence-electron chi connectivity index (χ1n) is 5.79. The Labute approximate surface area is 115 Å². The summed E-state index contributed by atoms with van der Waals surface area (Å²) in [5.41, 5.74) is 8.20. The number of halogens is 1. The van der Waals surface area contributed by atoms with Crippen LogP contribution >= 0.6 is 12.4 Å². The summed E-state index contributed by atoms with van der Waals surface area (Å²) in [6, 6.07) is 5.76. The van der Waals surface area contributed by atoms with Crippen molar-refractivity contribution in [2.75, 3.05) is 13.7 Å². The molecule has 0 bridgehead atoms. The molecule has 0 spiro atoms. The summed E-state index contributed by atoms with van der Waals surface area (Å²) in [6.07, 6.45) is 0.775. The van der Waals surface area contributed by atoms with Crippen LogP contribution in [-0.4, -0.2) is 13.7 Å². The summed E-state index contributed by atoms with van der Waals surface area (Å²) >= 11 is 0. The van der Waals surface area contributed by atoms with Gasteiger partial charge in [-0.2, -0.15) is 0 Å². The summed E-state index contributed by atoms with van der Waals surface area (Å²) in [5.74, 6) is 1.47. The van der Waals surface area contributed by atoms with Crippen molar-refractivity contribution >= 4 is 12.4 Å². The van der Waals surface area contributed by atoms with Gasteiger partial charge >= 0.3 is 0 Å². The van der Waals surface area contributed by atoms with E-state index in [9.17, 15) is 0 Å². The lowest BCUT2D eigenvalue weighted by Gasteiger charge is -2.15. The van der Waals surface area contributed by atoms with E-state index in [2.05, 4.69) is 6.58 Å². The van der Waals surface area contributed by atoms with Gasteiger partial charge in [0.25, 0.3) is 0 Å². The lowest BCUT2D eigenvalue weighted by molar-refractivity contribution is 0.310. The molecule has 0 saturated heterocycles. The highest BCUT2D eigenvalue weighted by Crippen LogP contribution is 2.31. The van der Waals surface area contributed by atoms with Gasteiger partial charge in [0.05, 0.1) is 13.7 Å². The fourth-order valence-electron chi connectivity index (χ4n) is 1.68. The first kappa shape index (κ1) is 16.8. The molecule has 1 aromatic carbocycles. The normalized spacial score (nSPS) is 11.3. The smallest absolute Gasteiger partial charge is 0.161 e. The van der Waals surface area contributed by atoms with Crippen molar-refractivity contribution < 1.29 is 9.47 Å². The number of nitrogens with two attached hydrogens (primary N) is 1. The summed E-state index contributed by atoms with van der Waals surface area (Å²) in [5, 5.41) is 0. The van der Waals surface area contributed by atoms with Crippen LogP contribution in [0.25, 0.3) is 0 Å². The van der Waals surface area contributed by atoms with Crippen LogP contribution in [0.4, 0.5) is 0 Å². The molecule has 1 rings (SSSR count). The minimum Gasteiger partial charge on any atom is -0.493 e. The largest absolute Gasteiger partial charge is 0.493 e. The third-order valence-electron chi connectivity index (χ3n) is 2.48. The summed E-state index contributed by atoms with van der Waals surface area (Å²) in [7, 11) is 1.63. The second-order valence-corrected chi connectivity index (χ2v) is 4.11. The van der Waals surface area contributed by atoms with E-state index in [4.69, 9.17) is 15.2 Å². The van der Waals surface area contributed by atoms with Gasteiger partial charge in [0.15, 0.2) is 11.5 Å². The molecule has 0 aliphatic carbocycles. The highest BCUT2D eigenvalue weighted by molar-refractivity contribution is 5.85. The zero-order valence-corrected chi connectivity index (χ0v) is 12.0. The molecule has 1 aromatic rings. The maximum absolute atomic E-state index is 6.09. The van der Waals surface area contributed by atoms with Gasteiger partial charge in [0.2, 0.25) is 0 Å². The van der Waals surface area contributed by atoms with Crippen LogP contribution in [0.15, 0.2) is 30.4 Å². The Morgan fingerprint density at radius 1 is 1.39 bits per heavy atom. The molecule has 0 amide bonds. The SMILES string of the molecule is C=C(C)C[C@H](N)c1ccc(OCC)c(OC)c1.Cl. The average molecular weight is 272 g/mol. The van der Waals surface area contributed by atoms with Crippen LogP contribution in [0.2, 0.25) is 0 Å². The van der Waals surface area contributed by atoms with Gasteiger partial charge in [-0.1, -0.05) is 11.6 Å². The van der Waals surface area contributed by atoms with Gasteiger partial charge in [0.1, 0.15) is 0 Å². The average Bonchev–Trinajstić information content (AvgIpc) is 2.29. The zero-order chi connectivity index (χ0) is 12.8. The molecule has 0 radical (unpaired) electrons. The van der Waals surface area contributed by atoms with E-state index < -0.39 is 0 Å². The van der Waals surface area contributed by atoms with Crippen molar-refractivity contribution in [3.63, 3.8) is 0 Å². The third kappa shape index (κ3) is 4.59. The third-order valence-corrected chi connectivity index (χ3v) is 2.48. The molecular formula is C14H22ClNO2. The Hall–Kier alpha value is -1.19. The molecule has 4 heteroatoms. The first-order valence-corrected chi connectivity index (χ1v) is 5.79. The van der Waals surface area contributed by atoms with Crippen molar-refractivity contribution in [3.8, 4) is 11.5 Å². The second-order valence-electron chi connectivity index (χ2n) is 4.11. The zero-order valence-electron chi connectivity index (χ0n) is 11.2. The highest BCUT2D eigenvalue weighted by Gasteiger charge is 2.10. The van der Waals surface area contributed by atoms with E-state index in [0.29, 0.717) is 6.61 Å². The quantitative estimate of drug-likeness (QED) is 0.806. The molecule has 1 atom stereocenters. The van der Waals surface area contributed by atoms with E-state index in [1.165, 1.54) is 0 Å². The molecule has 0 saturated carbocycles. The van der Waals surface area contributed by atoms with E-state index in [1.807, 2.05) is 32.0 Å². The molecule has 102 valence electrons. The Morgan fingerprint density at radius 3 is 2.56 bits per heavy atom. The Morgan fingerprint density at radius 2 is 2.06 bits per heavy atom. The van der Waals surface area contributed by atoms with Gasteiger partial charge in [-0.25, -0.2) is 0 Å². The number of methoxy groups -OCH3 is 1. The molecule has 18 heavy (non-hydrogen) atoms. The first-order chi connectivity index (χ1) is 8.08. The van der Waals surface area contributed by atoms with Crippen molar-refractivity contribution in [2.45, 2.75) is 26.3 Å². The van der Waals surface area contributed by atoms with Gasteiger partial charge in [-0.15, -0.1) is 19.0 Å². The van der Waals surface area contributed by atoms with E-state index in [0.717, 1.165) is 29.1 Å². The van der Waals surface area contributed by atoms with Crippen LogP contribution in [0.1, 0.15) is 31.9 Å². The number of benzene rings is 1. The number of rotatable bonds is 6. The van der Waals surface area contributed by atoms with Crippen molar-refractivity contribution in [1.82, 2.24) is 0 Å². The molecular weight excluding hydrogens is 250 g/mol. The maximum Gasteiger partial charge on any atom is 0.161 e. The van der Waals surface area contributed by atoms with Gasteiger partial charge in [-0.3, -0.25) is 0 Å². The number of hydrogen-bond donors (Lipinski definition) is 1. The van der Waals surface area contributed by atoms with Crippen molar-refractivity contribution in [3.05, 3.63) is 35.9 Å². The topological polar surface area (TPSA) is 44.5 Å². The van der Waals surface area contributed by atoms with E-state index in [-0.39, 0.29) is 18.4 Å². The standard InChI is InChI=1S/C14H21NO2.ClH/c1-5-17-13-7-6-11(9-14(13)16-4)12(15)8-10(2)3;/h6-7,9,12H,2,5,8,15H2,1,3-4H3;1H/t12-;/m0./s1. The lowest BCUT2D eigenvalue weighted by atomic mass is 10.0.